The van der Waals surface area contributed by atoms with Gasteiger partial charge in [-0.1, -0.05) is 62.1 Å². The van der Waals surface area contributed by atoms with Gasteiger partial charge in [-0.3, -0.25) is 19.2 Å². The molecule has 1 aliphatic carbocycles. The molecule has 5 heterocycles. The van der Waals surface area contributed by atoms with E-state index in [0.717, 1.165) is 17.8 Å². The average molecular weight is 633 g/mol. The first-order valence-corrected chi connectivity index (χ1v) is 15.4. The maximum Gasteiger partial charge on any atom is 2.00 e. The standard InChI is InChI=1S/C35H39N4O6.Mg/c1-8-19-14(2)21-13-26-28(18(6)40)16(4)23(37-26)11-22-15(3)20(9-10-27(41)42)32(38-22)30-31(35(44)45-7)34(43)29-17(5)24(39-33(29)30)12-25(19)36-21;/h11-15,19-20,31H,8-10H2,1-7H3,(H4-,36,37,38,39,40,41,42,43);/q-1;+2/p-3/b22-11-,25-12+;/t14-,15+,19-,20+,31-;/m1./s1. The van der Waals surface area contributed by atoms with Gasteiger partial charge in [0.2, 0.25) is 0 Å². The Morgan fingerprint density at radius 1 is 0.891 bits per heavy atom. The summed E-state index contributed by atoms with van der Waals surface area (Å²) in [4.78, 5) is 61.6. The molecular weight excluding hydrogens is 597 g/mol. The molecule has 0 radical (unpaired) electrons. The molecule has 8 bridgehead atoms. The van der Waals surface area contributed by atoms with Crippen LogP contribution in [0.2, 0.25) is 0 Å². The van der Waals surface area contributed by atoms with E-state index >= 15 is 0 Å². The van der Waals surface area contributed by atoms with E-state index in [1.54, 1.807) is 0 Å². The van der Waals surface area contributed by atoms with Crippen LogP contribution >= 0.6 is 0 Å². The van der Waals surface area contributed by atoms with Gasteiger partial charge in [-0.2, -0.15) is 22.8 Å². The zero-order valence-corrected chi connectivity index (χ0v) is 28.6. The van der Waals surface area contributed by atoms with Crippen molar-refractivity contribution in [2.45, 2.75) is 60.8 Å². The normalized spacial score (nSPS) is 29.4. The number of hydrogen-bond donors (Lipinski definition) is 1. The second-order valence-electron chi connectivity index (χ2n) is 12.5. The molecule has 236 valence electrons. The first-order chi connectivity index (χ1) is 21.4. The average Bonchev–Trinajstić information content (AvgIpc) is 3.72. The van der Waals surface area contributed by atoms with E-state index in [1.165, 1.54) is 14.0 Å². The molecule has 5 atom stereocenters. The first kappa shape index (κ1) is 33.5. The number of aliphatic carboxylic acids is 1. The van der Waals surface area contributed by atoms with Crippen molar-refractivity contribution >= 4 is 70.4 Å². The summed E-state index contributed by atoms with van der Waals surface area (Å²) in [6, 6.07) is 0. The topological polar surface area (TPSA) is 154 Å². The van der Waals surface area contributed by atoms with E-state index in [1.807, 2.05) is 39.0 Å². The van der Waals surface area contributed by atoms with Crippen LogP contribution in [-0.4, -0.2) is 58.8 Å². The number of ketones is 2. The first-order valence-electron chi connectivity index (χ1n) is 15.4. The third kappa shape index (κ3) is 5.17. The Bertz CT molecular complexity index is 1800. The number of ether oxygens (including phenoxy) is 1. The molecule has 0 amide bonds. The van der Waals surface area contributed by atoms with Crippen LogP contribution in [0.15, 0.2) is 22.8 Å². The summed E-state index contributed by atoms with van der Waals surface area (Å²) >= 11 is 0. The minimum Gasteiger partial charge on any atom is -0.664 e. The largest absolute Gasteiger partial charge is 2.00 e. The van der Waals surface area contributed by atoms with E-state index in [-0.39, 0.29) is 59.4 Å². The number of carboxylic acid groups (broad SMARTS) is 1. The van der Waals surface area contributed by atoms with Crippen molar-refractivity contribution in [3.8, 4) is 0 Å². The van der Waals surface area contributed by atoms with Crippen LogP contribution in [0.3, 0.4) is 0 Å². The fourth-order valence-electron chi connectivity index (χ4n) is 7.44. The van der Waals surface area contributed by atoms with Crippen LogP contribution < -0.4 is 9.97 Å². The van der Waals surface area contributed by atoms with Gasteiger partial charge < -0.3 is 30.4 Å². The molecule has 4 aliphatic rings. The maximum atomic E-state index is 14.0. The number of aromatic nitrogens is 2. The van der Waals surface area contributed by atoms with Gasteiger partial charge >= 0.3 is 35.0 Å². The van der Waals surface area contributed by atoms with E-state index < -0.39 is 29.6 Å². The minimum atomic E-state index is -1.26. The summed E-state index contributed by atoms with van der Waals surface area (Å²) in [6.07, 6.45) is 6.57. The summed E-state index contributed by atoms with van der Waals surface area (Å²) in [5.41, 5.74) is 7.44. The van der Waals surface area contributed by atoms with E-state index in [9.17, 15) is 24.3 Å². The molecule has 10 nitrogen and oxygen atoms in total. The van der Waals surface area contributed by atoms with Crippen molar-refractivity contribution in [2.75, 3.05) is 7.11 Å². The second kappa shape index (κ2) is 12.4. The number of rotatable bonds is 6. The van der Waals surface area contributed by atoms with E-state index in [2.05, 4.69) is 13.8 Å². The number of carbonyl (C=O) groups excluding carboxylic acids is 3. The van der Waals surface area contributed by atoms with Crippen molar-refractivity contribution < 1.29 is 29.0 Å². The number of fused-ring (bicyclic) bond motifs is 7. The van der Waals surface area contributed by atoms with Crippen LogP contribution in [0.4, 0.5) is 0 Å². The molecular formula is C35H36MgN4O6-2. The molecule has 0 saturated carbocycles. The summed E-state index contributed by atoms with van der Waals surface area (Å²) in [7, 11) is 1.24. The molecule has 0 spiro atoms. The number of allylic oxidation sites excluding steroid dienone is 4. The van der Waals surface area contributed by atoms with Gasteiger partial charge in [0.25, 0.3) is 0 Å². The van der Waals surface area contributed by atoms with Gasteiger partial charge in [0.05, 0.1) is 7.11 Å². The van der Waals surface area contributed by atoms with Gasteiger partial charge in [0, 0.05) is 17.5 Å². The number of hydrogen-bond acceptors (Lipinski definition) is 5. The molecule has 2 aromatic heterocycles. The van der Waals surface area contributed by atoms with Gasteiger partial charge in [-0.25, -0.2) is 0 Å². The number of esters is 1. The van der Waals surface area contributed by atoms with Gasteiger partial charge in [-0.15, -0.1) is 22.8 Å². The second-order valence-corrected chi connectivity index (χ2v) is 12.5. The zero-order chi connectivity index (χ0) is 32.5. The Hall–Kier alpha value is -3.83. The van der Waals surface area contributed by atoms with Crippen molar-refractivity contribution in [1.82, 2.24) is 9.97 Å². The number of carbonyl (C=O) groups is 4. The predicted octanol–water partition coefficient (Wildman–Crippen LogP) is 6.03. The maximum absolute atomic E-state index is 14.0. The van der Waals surface area contributed by atoms with Crippen LogP contribution in [0.5, 0.6) is 0 Å². The fraction of sp³-hybridized carbons (Fsp3) is 0.429. The molecule has 2 aromatic rings. The number of Topliss-reactive ketones (excluding diaryl/α,β-unsaturated/α-hetero) is 2. The Morgan fingerprint density at radius 3 is 2.13 bits per heavy atom. The molecule has 0 aromatic carbocycles. The van der Waals surface area contributed by atoms with Crippen molar-refractivity contribution in [3.05, 3.63) is 78.5 Å². The molecule has 6 rings (SSSR count). The van der Waals surface area contributed by atoms with Crippen LogP contribution in [-0.2, 0) is 14.3 Å². The fourth-order valence-corrected chi connectivity index (χ4v) is 7.44. The molecule has 11 heteroatoms. The molecule has 0 unspecified atom stereocenters. The van der Waals surface area contributed by atoms with Crippen molar-refractivity contribution in [2.24, 2.45) is 29.6 Å². The number of carboxylic acids is 1. The number of nitrogens with zero attached hydrogens (tertiary/aromatic N) is 4. The summed E-state index contributed by atoms with van der Waals surface area (Å²) in [5.74, 6) is -3.98. The van der Waals surface area contributed by atoms with Crippen molar-refractivity contribution in [1.29, 1.82) is 0 Å². The smallest absolute Gasteiger partial charge is 0.664 e. The summed E-state index contributed by atoms with van der Waals surface area (Å²) in [6.45, 7) is 11.4. The quantitative estimate of drug-likeness (QED) is 0.175. The predicted molar refractivity (Wildman–Crippen MR) is 175 cm³/mol. The molecule has 46 heavy (non-hydrogen) atoms. The third-order valence-electron chi connectivity index (χ3n) is 9.94. The van der Waals surface area contributed by atoms with Crippen molar-refractivity contribution in [3.63, 3.8) is 0 Å². The number of methoxy groups -OCH3 is 1. The van der Waals surface area contributed by atoms with Crippen LogP contribution in [0, 0.1) is 43.4 Å². The Balaban J connectivity index is 0.00000417. The Kier molecular flexibility index (Phi) is 9.04. The van der Waals surface area contributed by atoms with Gasteiger partial charge in [-0.05, 0) is 50.9 Å². The van der Waals surface area contributed by atoms with E-state index in [0.29, 0.717) is 62.0 Å². The van der Waals surface area contributed by atoms with Crippen LogP contribution in [0.1, 0.15) is 102 Å². The summed E-state index contributed by atoms with van der Waals surface area (Å²) in [5, 5.41) is 19.6. The summed E-state index contributed by atoms with van der Waals surface area (Å²) < 4.78 is 5.11. The molecule has 1 N–H and O–H groups in total. The molecule has 2 saturated heterocycles. The van der Waals surface area contributed by atoms with Crippen LogP contribution in [0.25, 0.3) is 34.4 Å². The zero-order valence-electron chi connectivity index (χ0n) is 27.2. The van der Waals surface area contributed by atoms with Gasteiger partial charge in [0.1, 0.15) is 5.92 Å². The monoisotopic (exact) mass is 632 g/mol. The Labute approximate surface area is 284 Å². The minimum absolute atomic E-state index is 0. The molecule has 3 aliphatic heterocycles. The SMILES string of the molecule is CC[C@H]1/C2=C\c3[n-]c4c(c3C)C(=O)[C@H](C(=O)OC)/C4=C3/[N-]/C(=C\c4[n-]c(c(C(C)=O)c4C)/C=C(/[N-]2)[C@@H]1C)[C@@H](C)[C@@H]3CCC(=O)O.[Mg+2]. The van der Waals surface area contributed by atoms with Gasteiger partial charge in [0.15, 0.2) is 11.6 Å². The van der Waals surface area contributed by atoms with E-state index in [4.69, 9.17) is 25.3 Å². The third-order valence-corrected chi connectivity index (χ3v) is 9.94. The molecule has 2 fully saturated rings. The Morgan fingerprint density at radius 2 is 1.50 bits per heavy atom.